The van der Waals surface area contributed by atoms with Crippen molar-refractivity contribution in [3.63, 3.8) is 0 Å². The van der Waals surface area contributed by atoms with Crippen LogP contribution in [-0.4, -0.2) is 11.9 Å². The molecule has 4 aromatic rings. The Morgan fingerprint density at radius 3 is 2.19 bits per heavy atom. The van der Waals surface area contributed by atoms with Gasteiger partial charge in [0.2, 0.25) is 5.78 Å². The molecule has 0 radical (unpaired) electrons. The maximum Gasteiger partial charge on any atom is 0.203 e. The van der Waals surface area contributed by atoms with Gasteiger partial charge in [-0.3, -0.25) is 4.79 Å². The Balaban J connectivity index is 1.37. The highest BCUT2D eigenvalue weighted by Gasteiger charge is 2.42. The van der Waals surface area contributed by atoms with Gasteiger partial charge in [0.15, 0.2) is 6.10 Å². The average Bonchev–Trinajstić information content (AvgIpc) is 3.31. The van der Waals surface area contributed by atoms with E-state index in [0.717, 1.165) is 46.9 Å². The monoisotopic (exact) mass is 404 g/mol. The fourth-order valence-electron chi connectivity index (χ4n) is 5.32. The molecule has 1 heterocycles. The van der Waals surface area contributed by atoms with E-state index < -0.39 is 6.10 Å². The molecule has 0 unspecified atom stereocenters. The average molecular weight is 405 g/mol. The van der Waals surface area contributed by atoms with E-state index in [1.165, 1.54) is 10.8 Å². The van der Waals surface area contributed by atoms with Gasteiger partial charge in [0.05, 0.1) is 0 Å². The Hall–Kier alpha value is -3.39. The molecule has 2 aliphatic rings. The number of hydrogen-bond donors (Lipinski definition) is 0. The first-order valence-electron chi connectivity index (χ1n) is 11.2. The van der Waals surface area contributed by atoms with Crippen LogP contribution in [0.5, 0.6) is 0 Å². The predicted octanol–water partition coefficient (Wildman–Crippen LogP) is 7.03. The van der Waals surface area contributed by atoms with E-state index >= 15 is 0 Å². The van der Waals surface area contributed by atoms with Crippen molar-refractivity contribution in [2.75, 3.05) is 0 Å². The number of Topliss-reactive ketones (excluding diaryl/α,β-unsaturated/α-hetero) is 1. The van der Waals surface area contributed by atoms with Gasteiger partial charge in [-0.25, -0.2) is 0 Å². The number of benzene rings is 4. The topological polar surface area (TPSA) is 26.3 Å². The Morgan fingerprint density at radius 2 is 1.42 bits per heavy atom. The number of hydrogen-bond acceptors (Lipinski definition) is 2. The summed E-state index contributed by atoms with van der Waals surface area (Å²) in [7, 11) is 0. The second-order valence-electron chi connectivity index (χ2n) is 8.82. The van der Waals surface area contributed by atoms with E-state index in [1.807, 2.05) is 30.3 Å². The van der Waals surface area contributed by atoms with E-state index in [4.69, 9.17) is 4.74 Å². The number of allylic oxidation sites excluding steroid dienone is 1. The van der Waals surface area contributed by atoms with Gasteiger partial charge in [0.25, 0.3) is 0 Å². The normalized spacial score (nSPS) is 22.7. The summed E-state index contributed by atoms with van der Waals surface area (Å²) in [5.74, 6) is 1.63. The smallest absolute Gasteiger partial charge is 0.203 e. The van der Waals surface area contributed by atoms with Crippen molar-refractivity contribution in [1.29, 1.82) is 0 Å². The van der Waals surface area contributed by atoms with Crippen molar-refractivity contribution in [3.05, 3.63) is 102 Å². The Morgan fingerprint density at radius 1 is 0.742 bits per heavy atom. The molecular weight excluding hydrogens is 380 g/mol. The largest absolute Gasteiger partial charge is 0.482 e. The quantitative estimate of drug-likeness (QED) is 0.343. The van der Waals surface area contributed by atoms with Crippen LogP contribution in [0.4, 0.5) is 0 Å². The number of rotatable bonds is 3. The van der Waals surface area contributed by atoms with Crippen molar-refractivity contribution in [2.24, 2.45) is 11.8 Å². The van der Waals surface area contributed by atoms with Gasteiger partial charge >= 0.3 is 0 Å². The number of ketones is 1. The van der Waals surface area contributed by atoms with Crippen LogP contribution in [0.3, 0.4) is 0 Å². The molecule has 1 aliphatic heterocycles. The van der Waals surface area contributed by atoms with Crippen LogP contribution in [0, 0.1) is 11.8 Å². The minimum atomic E-state index is -0.417. The highest BCUT2D eigenvalue weighted by Crippen LogP contribution is 2.44. The third-order valence-electron chi connectivity index (χ3n) is 6.96. The summed E-state index contributed by atoms with van der Waals surface area (Å²) in [6, 6.07) is 29.0. The van der Waals surface area contributed by atoms with E-state index in [9.17, 15) is 4.79 Å². The van der Waals surface area contributed by atoms with Gasteiger partial charge in [0.1, 0.15) is 5.76 Å². The zero-order valence-corrected chi connectivity index (χ0v) is 17.3. The van der Waals surface area contributed by atoms with Crippen LogP contribution >= 0.6 is 0 Å². The van der Waals surface area contributed by atoms with Gasteiger partial charge in [-0.1, -0.05) is 79.2 Å². The van der Waals surface area contributed by atoms with Crippen LogP contribution in [0.15, 0.2) is 91.0 Å². The van der Waals surface area contributed by atoms with Crippen molar-refractivity contribution in [3.8, 4) is 0 Å². The molecule has 31 heavy (non-hydrogen) atoms. The van der Waals surface area contributed by atoms with Crippen molar-refractivity contribution < 1.29 is 9.53 Å². The maximum atomic E-state index is 13.6. The summed E-state index contributed by atoms with van der Waals surface area (Å²) < 4.78 is 6.48. The lowest BCUT2D eigenvalue weighted by atomic mass is 9.83. The van der Waals surface area contributed by atoms with Gasteiger partial charge in [-0.15, -0.1) is 0 Å². The van der Waals surface area contributed by atoms with E-state index in [2.05, 4.69) is 60.7 Å². The zero-order valence-electron chi connectivity index (χ0n) is 17.3. The summed E-state index contributed by atoms with van der Waals surface area (Å²) in [5.41, 5.74) is 1.80. The van der Waals surface area contributed by atoms with Crippen molar-refractivity contribution in [2.45, 2.75) is 25.4 Å². The van der Waals surface area contributed by atoms with E-state index in [0.29, 0.717) is 5.92 Å². The van der Waals surface area contributed by atoms with Crippen LogP contribution < -0.4 is 0 Å². The molecule has 4 aromatic carbocycles. The molecule has 1 saturated carbocycles. The first kappa shape index (κ1) is 18.4. The van der Waals surface area contributed by atoms with Crippen LogP contribution in [0.2, 0.25) is 0 Å². The second-order valence-corrected chi connectivity index (χ2v) is 8.82. The highest BCUT2D eigenvalue weighted by atomic mass is 16.5. The highest BCUT2D eigenvalue weighted by molar-refractivity contribution is 6.03. The summed E-state index contributed by atoms with van der Waals surface area (Å²) in [6.45, 7) is 0. The summed E-state index contributed by atoms with van der Waals surface area (Å²) in [4.78, 5) is 13.6. The van der Waals surface area contributed by atoms with Gasteiger partial charge in [-0.2, -0.15) is 0 Å². The fourth-order valence-corrected chi connectivity index (χ4v) is 5.32. The molecule has 0 spiro atoms. The van der Waals surface area contributed by atoms with E-state index in [1.54, 1.807) is 0 Å². The molecule has 2 heteroatoms. The lowest BCUT2D eigenvalue weighted by Gasteiger charge is -2.33. The molecule has 0 amide bonds. The summed E-state index contributed by atoms with van der Waals surface area (Å²) in [6.07, 6.45) is 5.19. The Bertz CT molecular complexity index is 1330. The molecule has 1 aliphatic carbocycles. The summed E-state index contributed by atoms with van der Waals surface area (Å²) in [5, 5.41) is 4.65. The maximum absolute atomic E-state index is 13.6. The number of carbonyl (C=O) groups excluding carboxylic acids is 1. The standard InChI is InChI=1S/C29H24O2/c30-28(25-15-13-20-7-2-4-9-22(20)17-25)29-26-11-5-10-23(26)18-27(31-29)24-14-12-19-6-1-3-8-21(19)16-24/h1-4,6-9,12-18,23,26,29H,5,10-11H2/t23-,26-,29+/m0/s1. The fraction of sp³-hybridized carbons (Fsp3) is 0.207. The third kappa shape index (κ3) is 3.23. The first-order chi connectivity index (χ1) is 15.3. The first-order valence-corrected chi connectivity index (χ1v) is 11.2. The third-order valence-corrected chi connectivity index (χ3v) is 6.96. The molecule has 2 nitrogen and oxygen atoms in total. The Kier molecular flexibility index (Phi) is 4.38. The molecular formula is C29H24O2. The van der Waals surface area contributed by atoms with E-state index in [-0.39, 0.29) is 11.7 Å². The van der Waals surface area contributed by atoms with Crippen LogP contribution in [0.1, 0.15) is 35.2 Å². The lowest BCUT2D eigenvalue weighted by molar-refractivity contribution is 0.0503. The molecule has 152 valence electrons. The lowest BCUT2D eigenvalue weighted by Crippen LogP contribution is -2.36. The molecule has 3 atom stereocenters. The van der Waals surface area contributed by atoms with Gasteiger partial charge in [-0.05, 0) is 58.5 Å². The van der Waals surface area contributed by atoms with Crippen molar-refractivity contribution in [1.82, 2.24) is 0 Å². The number of carbonyl (C=O) groups is 1. The van der Waals surface area contributed by atoms with Gasteiger partial charge < -0.3 is 4.74 Å². The Labute approximate surface area is 182 Å². The molecule has 0 N–H and O–H groups in total. The van der Waals surface area contributed by atoms with Crippen LogP contribution in [0.25, 0.3) is 27.3 Å². The molecule has 0 saturated heterocycles. The summed E-state index contributed by atoms with van der Waals surface area (Å²) >= 11 is 0. The molecule has 1 fully saturated rings. The second kappa shape index (κ2) is 7.39. The van der Waals surface area contributed by atoms with Crippen LogP contribution in [-0.2, 0) is 4.74 Å². The number of fused-ring (bicyclic) bond motifs is 3. The zero-order chi connectivity index (χ0) is 20.8. The molecule has 0 aromatic heterocycles. The minimum Gasteiger partial charge on any atom is -0.482 e. The van der Waals surface area contributed by atoms with Crippen molar-refractivity contribution >= 4 is 33.1 Å². The minimum absolute atomic E-state index is 0.106. The predicted molar refractivity (Wildman–Crippen MR) is 126 cm³/mol. The molecule has 0 bridgehead atoms. The SMILES string of the molecule is O=C(c1ccc2ccccc2c1)[C@@H]1OC(c2ccc3ccccc3c2)=C[C@@H]2CCC[C@@H]21. The number of ether oxygens (including phenoxy) is 1. The van der Waals surface area contributed by atoms with Gasteiger partial charge in [0, 0.05) is 17.0 Å². The molecule has 6 rings (SSSR count).